The number of hydrogen-bond donors (Lipinski definition) is 2. The van der Waals surface area contributed by atoms with Gasteiger partial charge in [-0.1, -0.05) is 40.9 Å². The van der Waals surface area contributed by atoms with Gasteiger partial charge in [-0.05, 0) is 30.2 Å². The van der Waals surface area contributed by atoms with Crippen LogP contribution >= 0.6 is 34.8 Å². The standard InChI is InChI=1S/C18H14Cl3N3O5/c1-8(25)22-23-15-6-10(19)5-13(21)17(15)11(7-16(23)18(26)27)9-2-3-12(20)14(4-9)24(28)29/h2-6,11,16H,7H2,1H3,(H,22,25)(H,26,27). The molecule has 2 unspecified atom stereocenters. The maximum Gasteiger partial charge on any atom is 0.328 e. The lowest BCUT2D eigenvalue weighted by Crippen LogP contribution is -2.54. The molecule has 1 amide bonds. The van der Waals surface area contributed by atoms with Crippen LogP contribution in [0.5, 0.6) is 0 Å². The van der Waals surface area contributed by atoms with E-state index in [-0.39, 0.29) is 27.2 Å². The molecule has 2 N–H and O–H groups in total. The summed E-state index contributed by atoms with van der Waals surface area (Å²) >= 11 is 18.4. The Kier molecular flexibility index (Phi) is 5.88. The molecular formula is C18H14Cl3N3O5. The summed E-state index contributed by atoms with van der Waals surface area (Å²) in [6.07, 6.45) is 0.00273. The minimum absolute atomic E-state index is 0.00273. The molecule has 0 aliphatic carbocycles. The molecule has 8 nitrogen and oxygen atoms in total. The van der Waals surface area contributed by atoms with E-state index in [1.807, 2.05) is 0 Å². The number of nitro groups is 1. The van der Waals surface area contributed by atoms with Gasteiger partial charge in [0.2, 0.25) is 5.91 Å². The molecular weight excluding hydrogens is 445 g/mol. The van der Waals surface area contributed by atoms with Crippen molar-refractivity contribution in [1.29, 1.82) is 0 Å². The Balaban J connectivity index is 2.24. The number of hydrogen-bond acceptors (Lipinski definition) is 5. The second-order valence-electron chi connectivity index (χ2n) is 6.47. The monoisotopic (exact) mass is 457 g/mol. The zero-order valence-corrected chi connectivity index (χ0v) is 17.1. The molecule has 29 heavy (non-hydrogen) atoms. The van der Waals surface area contributed by atoms with E-state index in [1.165, 1.54) is 36.2 Å². The van der Waals surface area contributed by atoms with Crippen LogP contribution in [0.4, 0.5) is 11.4 Å². The quantitative estimate of drug-likeness (QED) is 0.518. The first-order chi connectivity index (χ1) is 13.6. The number of anilines is 1. The highest BCUT2D eigenvalue weighted by Gasteiger charge is 2.40. The van der Waals surface area contributed by atoms with Crippen LogP contribution in [0, 0.1) is 10.1 Å². The Morgan fingerprint density at radius 3 is 2.48 bits per heavy atom. The summed E-state index contributed by atoms with van der Waals surface area (Å²) in [6, 6.07) is 6.10. The maximum absolute atomic E-state index is 11.9. The SMILES string of the molecule is CC(=O)NN1c2cc(Cl)cc(Cl)c2C(c2ccc(Cl)c([N+](=O)[O-])c2)CC1C(=O)O. The van der Waals surface area contributed by atoms with E-state index in [1.54, 1.807) is 6.07 Å². The topological polar surface area (TPSA) is 113 Å². The third kappa shape index (κ3) is 4.10. The first kappa shape index (κ1) is 21.2. The van der Waals surface area contributed by atoms with Crippen molar-refractivity contribution in [3.63, 3.8) is 0 Å². The Morgan fingerprint density at radius 2 is 1.90 bits per heavy atom. The molecule has 1 heterocycles. The van der Waals surface area contributed by atoms with E-state index in [0.29, 0.717) is 16.8 Å². The number of benzene rings is 2. The Morgan fingerprint density at radius 1 is 1.21 bits per heavy atom. The summed E-state index contributed by atoms with van der Waals surface area (Å²) in [4.78, 5) is 34.3. The molecule has 1 aliphatic rings. The summed E-state index contributed by atoms with van der Waals surface area (Å²) in [5.74, 6) is -2.26. The molecule has 2 atom stereocenters. The molecule has 0 saturated heterocycles. The lowest BCUT2D eigenvalue weighted by molar-refractivity contribution is -0.384. The average molecular weight is 459 g/mol. The van der Waals surface area contributed by atoms with Gasteiger partial charge in [0.1, 0.15) is 11.1 Å². The molecule has 2 aromatic carbocycles. The number of rotatable bonds is 4. The van der Waals surface area contributed by atoms with Crippen LogP contribution in [-0.4, -0.2) is 27.9 Å². The van der Waals surface area contributed by atoms with Gasteiger partial charge in [-0.25, -0.2) is 4.79 Å². The van der Waals surface area contributed by atoms with E-state index in [4.69, 9.17) is 34.8 Å². The number of carbonyl (C=O) groups is 2. The average Bonchev–Trinajstić information content (AvgIpc) is 2.61. The summed E-state index contributed by atoms with van der Waals surface area (Å²) in [6.45, 7) is 1.25. The number of nitrogens with one attached hydrogen (secondary N) is 1. The normalized spacial score (nSPS) is 18.1. The van der Waals surface area contributed by atoms with Crippen molar-refractivity contribution in [2.75, 3.05) is 5.01 Å². The third-order valence-corrected chi connectivity index (χ3v) is 5.43. The summed E-state index contributed by atoms with van der Waals surface area (Å²) in [5.41, 5.74) is 3.48. The first-order valence-electron chi connectivity index (χ1n) is 8.32. The zero-order chi connectivity index (χ0) is 21.5. The molecule has 152 valence electrons. The number of fused-ring (bicyclic) bond motifs is 1. The van der Waals surface area contributed by atoms with Crippen molar-refractivity contribution in [3.8, 4) is 0 Å². The lowest BCUT2D eigenvalue weighted by atomic mass is 9.81. The number of amides is 1. The van der Waals surface area contributed by atoms with Crippen molar-refractivity contribution in [2.45, 2.75) is 25.3 Å². The summed E-state index contributed by atoms with van der Waals surface area (Å²) in [7, 11) is 0. The molecule has 0 spiro atoms. The van der Waals surface area contributed by atoms with Gasteiger partial charge in [-0.3, -0.25) is 25.3 Å². The minimum atomic E-state index is -1.19. The van der Waals surface area contributed by atoms with E-state index < -0.39 is 28.8 Å². The lowest BCUT2D eigenvalue weighted by Gasteiger charge is -2.40. The molecule has 0 bridgehead atoms. The van der Waals surface area contributed by atoms with Crippen molar-refractivity contribution in [3.05, 3.63) is 66.6 Å². The molecule has 0 radical (unpaired) electrons. The maximum atomic E-state index is 11.9. The largest absolute Gasteiger partial charge is 0.480 e. The number of nitro benzene ring substituents is 1. The number of aliphatic carboxylic acids is 1. The Bertz CT molecular complexity index is 1030. The predicted molar refractivity (Wildman–Crippen MR) is 109 cm³/mol. The number of hydrazine groups is 1. The fraction of sp³-hybridized carbons (Fsp3) is 0.222. The van der Waals surface area contributed by atoms with Crippen LogP contribution in [0.3, 0.4) is 0 Å². The third-order valence-electron chi connectivity index (χ3n) is 4.58. The highest BCUT2D eigenvalue weighted by atomic mass is 35.5. The number of carbonyl (C=O) groups excluding carboxylic acids is 1. The van der Waals surface area contributed by atoms with Gasteiger partial charge in [-0.15, -0.1) is 0 Å². The summed E-state index contributed by atoms with van der Waals surface area (Å²) in [5, 5.41) is 22.7. The van der Waals surface area contributed by atoms with Crippen LogP contribution in [0.25, 0.3) is 0 Å². The minimum Gasteiger partial charge on any atom is -0.480 e. The zero-order valence-electron chi connectivity index (χ0n) is 14.9. The van der Waals surface area contributed by atoms with Crippen molar-refractivity contribution in [2.24, 2.45) is 0 Å². The molecule has 0 aromatic heterocycles. The fourth-order valence-corrected chi connectivity index (χ4v) is 4.24. The first-order valence-corrected chi connectivity index (χ1v) is 9.45. The van der Waals surface area contributed by atoms with Gasteiger partial charge < -0.3 is 5.11 Å². The van der Waals surface area contributed by atoms with Crippen LogP contribution in [-0.2, 0) is 9.59 Å². The molecule has 1 aliphatic heterocycles. The van der Waals surface area contributed by atoms with Crippen LogP contribution in [0.2, 0.25) is 15.1 Å². The van der Waals surface area contributed by atoms with Crippen molar-refractivity contribution < 1.29 is 19.6 Å². The number of carboxylic acid groups (broad SMARTS) is 1. The number of nitrogens with zero attached hydrogens (tertiary/aromatic N) is 2. The van der Waals surface area contributed by atoms with Crippen molar-refractivity contribution in [1.82, 2.24) is 5.43 Å². The van der Waals surface area contributed by atoms with Gasteiger partial charge in [-0.2, -0.15) is 0 Å². The molecule has 2 aromatic rings. The van der Waals surface area contributed by atoms with E-state index in [2.05, 4.69) is 5.43 Å². The van der Waals surface area contributed by atoms with Gasteiger partial charge in [0.15, 0.2) is 0 Å². The summed E-state index contributed by atoms with van der Waals surface area (Å²) < 4.78 is 0. The number of carboxylic acids is 1. The van der Waals surface area contributed by atoms with Gasteiger partial charge >= 0.3 is 5.97 Å². The Hall–Kier alpha value is -2.55. The van der Waals surface area contributed by atoms with Gasteiger partial charge in [0.25, 0.3) is 5.69 Å². The van der Waals surface area contributed by atoms with E-state index >= 15 is 0 Å². The number of halogens is 3. The van der Waals surface area contributed by atoms with Crippen molar-refractivity contribution >= 4 is 58.1 Å². The van der Waals surface area contributed by atoms with Gasteiger partial charge in [0, 0.05) is 34.5 Å². The predicted octanol–water partition coefficient (Wildman–Crippen LogP) is 4.40. The Labute approximate surface area is 180 Å². The van der Waals surface area contributed by atoms with Crippen LogP contribution < -0.4 is 10.4 Å². The highest BCUT2D eigenvalue weighted by molar-refractivity contribution is 6.36. The molecule has 0 saturated carbocycles. The van der Waals surface area contributed by atoms with Crippen LogP contribution in [0.1, 0.15) is 30.4 Å². The highest BCUT2D eigenvalue weighted by Crippen LogP contribution is 2.47. The van der Waals surface area contributed by atoms with E-state index in [9.17, 15) is 24.8 Å². The molecule has 3 rings (SSSR count). The smallest absolute Gasteiger partial charge is 0.328 e. The van der Waals surface area contributed by atoms with Gasteiger partial charge in [0.05, 0.1) is 10.6 Å². The fourth-order valence-electron chi connectivity index (χ4n) is 3.44. The molecule has 0 fully saturated rings. The second-order valence-corrected chi connectivity index (χ2v) is 7.72. The molecule has 11 heteroatoms. The van der Waals surface area contributed by atoms with Crippen LogP contribution in [0.15, 0.2) is 30.3 Å². The second kappa shape index (κ2) is 8.06. The van der Waals surface area contributed by atoms with E-state index in [0.717, 1.165) is 0 Å².